The molecule has 3 nitrogen and oxygen atoms in total. The highest BCUT2D eigenvalue weighted by molar-refractivity contribution is 7.97. The molecule has 0 bridgehead atoms. The summed E-state index contributed by atoms with van der Waals surface area (Å²) < 4.78 is 46.2. The highest BCUT2D eigenvalue weighted by Crippen LogP contribution is 2.35. The Kier molecular flexibility index (Phi) is 5.94. The number of carbonyl (C=O) groups excluding carboxylic acids is 1. The van der Waals surface area contributed by atoms with Crippen molar-refractivity contribution in [2.75, 3.05) is 7.11 Å². The highest BCUT2D eigenvalue weighted by atomic mass is 32.2. The summed E-state index contributed by atoms with van der Waals surface area (Å²) in [7, 11) is 0.591. The zero-order chi connectivity index (χ0) is 20.1. The minimum absolute atomic E-state index is 0.297. The van der Waals surface area contributed by atoms with E-state index in [1.165, 1.54) is 19.2 Å². The van der Waals surface area contributed by atoms with Crippen LogP contribution in [0, 0.1) is 0 Å². The van der Waals surface area contributed by atoms with Crippen molar-refractivity contribution in [3.8, 4) is 5.75 Å². The van der Waals surface area contributed by atoms with Crippen LogP contribution in [0.2, 0.25) is 0 Å². The van der Waals surface area contributed by atoms with Gasteiger partial charge in [0.25, 0.3) is 0 Å². The van der Waals surface area contributed by atoms with Crippen molar-refractivity contribution in [2.24, 2.45) is 0 Å². The molecule has 0 aliphatic rings. The Morgan fingerprint density at radius 3 is 2.00 bits per heavy atom. The second-order valence-electron chi connectivity index (χ2n) is 5.63. The number of rotatable bonds is 5. The summed E-state index contributed by atoms with van der Waals surface area (Å²) in [5.41, 5.74) is 0.410. The Bertz CT molecular complexity index is 941. The average molecular weight is 405 g/mol. The summed E-state index contributed by atoms with van der Waals surface area (Å²) in [6.07, 6.45) is -4.75. The molecule has 0 aliphatic heterocycles. The van der Waals surface area contributed by atoms with Crippen LogP contribution in [0.15, 0.2) is 93.5 Å². The number of benzene rings is 3. The molecule has 0 saturated heterocycles. The molecule has 1 atom stereocenters. The lowest BCUT2D eigenvalue weighted by Crippen LogP contribution is -2.17. The zero-order valence-electron chi connectivity index (χ0n) is 14.8. The van der Waals surface area contributed by atoms with Crippen LogP contribution in [0.1, 0.15) is 10.4 Å². The number of hydrogen-bond acceptors (Lipinski definition) is 3. The standard InChI is InChI=1S/C21H16F3O3S/c1-26-20(25)18-9-5-6-10-19(18)28(16-7-3-2-4-8-16)17-13-11-15(12-14-17)27-21(22,23)24/h2-14H,1H3/q+1. The molecule has 0 aromatic heterocycles. The van der Waals surface area contributed by atoms with Gasteiger partial charge >= 0.3 is 12.3 Å². The van der Waals surface area contributed by atoms with E-state index < -0.39 is 23.2 Å². The van der Waals surface area contributed by atoms with Crippen LogP contribution in [0.4, 0.5) is 13.2 Å². The van der Waals surface area contributed by atoms with Crippen molar-refractivity contribution in [3.63, 3.8) is 0 Å². The SMILES string of the molecule is COC(=O)c1ccccc1[S+](c1ccccc1)c1ccc(OC(F)(F)F)cc1. The fraction of sp³-hybridized carbons (Fsp3) is 0.0952. The Labute approximate surface area is 163 Å². The van der Waals surface area contributed by atoms with Crippen LogP contribution in [-0.4, -0.2) is 19.4 Å². The molecule has 0 fully saturated rings. The number of ether oxygens (including phenoxy) is 2. The lowest BCUT2D eigenvalue weighted by Gasteiger charge is -2.12. The maximum Gasteiger partial charge on any atom is 0.573 e. The van der Waals surface area contributed by atoms with Crippen molar-refractivity contribution in [1.29, 1.82) is 0 Å². The predicted molar refractivity (Wildman–Crippen MR) is 99.5 cm³/mol. The molecule has 1 unspecified atom stereocenters. The van der Waals surface area contributed by atoms with Crippen LogP contribution < -0.4 is 4.74 Å². The molecule has 3 aromatic carbocycles. The van der Waals surface area contributed by atoms with Crippen molar-refractivity contribution in [1.82, 2.24) is 0 Å². The fourth-order valence-corrected chi connectivity index (χ4v) is 4.85. The number of methoxy groups -OCH3 is 1. The van der Waals surface area contributed by atoms with E-state index >= 15 is 0 Å². The molecule has 0 N–H and O–H groups in total. The monoisotopic (exact) mass is 405 g/mol. The number of hydrogen-bond donors (Lipinski definition) is 0. The molecule has 0 heterocycles. The lowest BCUT2D eigenvalue weighted by molar-refractivity contribution is -0.274. The summed E-state index contributed by atoms with van der Waals surface area (Å²) in [6, 6.07) is 22.2. The van der Waals surface area contributed by atoms with E-state index in [2.05, 4.69) is 4.74 Å². The van der Waals surface area contributed by atoms with Gasteiger partial charge in [-0.15, -0.1) is 13.2 Å². The van der Waals surface area contributed by atoms with Crippen molar-refractivity contribution >= 4 is 16.9 Å². The first-order chi connectivity index (χ1) is 13.4. The number of carbonyl (C=O) groups is 1. The third kappa shape index (κ3) is 4.67. The van der Waals surface area contributed by atoms with Gasteiger partial charge in [0, 0.05) is 0 Å². The van der Waals surface area contributed by atoms with Crippen LogP contribution in [0.3, 0.4) is 0 Å². The summed E-state index contributed by atoms with van der Waals surface area (Å²) >= 11 is 0. The number of esters is 1. The van der Waals surface area contributed by atoms with Gasteiger partial charge in [-0.3, -0.25) is 0 Å². The quantitative estimate of drug-likeness (QED) is 0.417. The normalized spacial score (nSPS) is 12.3. The Morgan fingerprint density at radius 2 is 1.39 bits per heavy atom. The molecule has 3 rings (SSSR count). The largest absolute Gasteiger partial charge is 0.573 e. The molecule has 0 amide bonds. The summed E-state index contributed by atoms with van der Waals surface area (Å²) in [4.78, 5) is 14.6. The van der Waals surface area contributed by atoms with Crippen molar-refractivity contribution < 1.29 is 27.4 Å². The maximum atomic E-state index is 12.4. The van der Waals surface area contributed by atoms with Crippen molar-refractivity contribution in [3.05, 3.63) is 84.4 Å². The van der Waals surface area contributed by atoms with Crippen LogP contribution >= 0.6 is 0 Å². The van der Waals surface area contributed by atoms with E-state index in [0.717, 1.165) is 14.7 Å². The topological polar surface area (TPSA) is 35.5 Å². The Hall–Kier alpha value is -2.93. The van der Waals surface area contributed by atoms with Gasteiger partial charge in [-0.2, -0.15) is 0 Å². The van der Waals surface area contributed by atoms with Crippen molar-refractivity contribution in [2.45, 2.75) is 21.0 Å². The van der Waals surface area contributed by atoms with Gasteiger partial charge < -0.3 is 9.47 Å². The highest BCUT2D eigenvalue weighted by Gasteiger charge is 2.34. The zero-order valence-corrected chi connectivity index (χ0v) is 15.6. The first-order valence-corrected chi connectivity index (χ1v) is 9.44. The third-order valence-electron chi connectivity index (χ3n) is 3.78. The molecule has 0 radical (unpaired) electrons. The van der Waals surface area contributed by atoms with E-state index in [-0.39, 0.29) is 5.75 Å². The second-order valence-corrected chi connectivity index (χ2v) is 7.62. The smallest absolute Gasteiger partial charge is 0.465 e. The summed E-state index contributed by atoms with van der Waals surface area (Å²) in [5, 5.41) is 0. The Balaban J connectivity index is 2.09. The van der Waals surface area contributed by atoms with Gasteiger partial charge in [-0.05, 0) is 48.5 Å². The first kappa shape index (κ1) is 19.8. The maximum absolute atomic E-state index is 12.4. The van der Waals surface area contributed by atoms with Gasteiger partial charge in [0.15, 0.2) is 14.7 Å². The van der Waals surface area contributed by atoms with Crippen LogP contribution in [-0.2, 0) is 15.6 Å². The minimum atomic E-state index is -4.75. The van der Waals surface area contributed by atoms with Crippen LogP contribution in [0.5, 0.6) is 5.75 Å². The molecule has 144 valence electrons. The van der Waals surface area contributed by atoms with E-state index in [4.69, 9.17) is 4.74 Å². The third-order valence-corrected chi connectivity index (χ3v) is 6.07. The average Bonchev–Trinajstić information content (AvgIpc) is 2.69. The van der Waals surface area contributed by atoms with E-state index in [0.29, 0.717) is 5.56 Å². The first-order valence-electron chi connectivity index (χ1n) is 8.21. The molecule has 0 aliphatic carbocycles. The van der Waals surface area contributed by atoms with E-state index in [1.807, 2.05) is 42.5 Å². The molecule has 7 heteroatoms. The number of halogens is 3. The Morgan fingerprint density at radius 1 is 0.821 bits per heavy atom. The molecule has 0 saturated carbocycles. The molecule has 3 aromatic rings. The predicted octanol–water partition coefficient (Wildman–Crippen LogP) is 5.47. The molecular formula is C21H16F3O3S+. The molecule has 0 spiro atoms. The van der Waals surface area contributed by atoms with Gasteiger partial charge in [-0.1, -0.05) is 30.3 Å². The van der Waals surface area contributed by atoms with Gasteiger partial charge in [0.2, 0.25) is 0 Å². The van der Waals surface area contributed by atoms with Gasteiger partial charge in [0.05, 0.1) is 7.11 Å². The lowest BCUT2D eigenvalue weighted by atomic mass is 10.2. The van der Waals surface area contributed by atoms with Gasteiger partial charge in [-0.25, -0.2) is 4.79 Å². The minimum Gasteiger partial charge on any atom is -0.465 e. The van der Waals surface area contributed by atoms with E-state index in [1.54, 1.807) is 24.3 Å². The fourth-order valence-electron chi connectivity index (χ4n) is 2.65. The second kappa shape index (κ2) is 8.39. The summed E-state index contributed by atoms with van der Waals surface area (Å²) in [5.74, 6) is -0.768. The molecule has 28 heavy (non-hydrogen) atoms. The molecular weight excluding hydrogens is 389 g/mol. The summed E-state index contributed by atoms with van der Waals surface area (Å²) in [6.45, 7) is 0. The van der Waals surface area contributed by atoms with Gasteiger partial charge in [0.1, 0.15) is 22.2 Å². The van der Waals surface area contributed by atoms with Crippen LogP contribution in [0.25, 0.3) is 0 Å². The number of alkyl halides is 3. The van der Waals surface area contributed by atoms with E-state index in [9.17, 15) is 18.0 Å².